The first-order valence-corrected chi connectivity index (χ1v) is 11.4. The Balaban J connectivity index is 1.97. The first kappa shape index (κ1) is 18.8. The number of hydrogen-bond acceptors (Lipinski definition) is 5. The van der Waals surface area contributed by atoms with Crippen molar-refractivity contribution >= 4 is 21.6 Å². The van der Waals surface area contributed by atoms with E-state index in [1.54, 1.807) is 10.8 Å². The molecule has 1 fully saturated rings. The molecule has 3 rings (SSSR count). The molecular formula is C19H28N4S2. The maximum absolute atomic E-state index is 4.58. The van der Waals surface area contributed by atoms with Gasteiger partial charge in [-0.3, -0.25) is 4.57 Å². The van der Waals surface area contributed by atoms with Crippen molar-refractivity contribution in [3.63, 3.8) is 0 Å². The normalized spacial score (nSPS) is 18.5. The predicted octanol–water partition coefficient (Wildman–Crippen LogP) is 4.79. The molecule has 2 heterocycles. The molecule has 1 aliphatic rings. The number of rotatable bonds is 5. The minimum atomic E-state index is 0.164. The van der Waals surface area contributed by atoms with Gasteiger partial charge in [-0.05, 0) is 53.3 Å². The molecule has 136 valence electrons. The van der Waals surface area contributed by atoms with Crippen molar-refractivity contribution in [2.75, 3.05) is 18.8 Å². The number of piperidine rings is 1. The van der Waals surface area contributed by atoms with Gasteiger partial charge in [0.05, 0.1) is 0 Å². The number of benzene rings is 1. The Bertz CT molecular complexity index is 682. The fourth-order valence-corrected chi connectivity index (χ4v) is 4.70. The van der Waals surface area contributed by atoms with Gasteiger partial charge in [-0.2, -0.15) is 0 Å². The molecule has 2 aromatic rings. The van der Waals surface area contributed by atoms with Crippen molar-refractivity contribution in [1.29, 1.82) is 0 Å². The standard InChI is InChI=1S/C19H28N4S2/c1-5-24-25-18-22-21-17(14-7-6-12-20-13-14)23(18)16-10-8-15(9-11-16)19(2,3)4/h8-11,14,20H,5-7,12-13H2,1-4H3. The number of nitrogens with one attached hydrogen (secondary N) is 1. The second-order valence-electron chi connectivity index (χ2n) is 7.51. The maximum Gasteiger partial charge on any atom is 0.206 e. The third-order valence-corrected chi connectivity index (χ3v) is 6.84. The summed E-state index contributed by atoms with van der Waals surface area (Å²) in [5.41, 5.74) is 2.68. The average Bonchev–Trinajstić information content (AvgIpc) is 3.04. The predicted molar refractivity (Wildman–Crippen MR) is 109 cm³/mol. The maximum atomic E-state index is 4.58. The van der Waals surface area contributed by atoms with Gasteiger partial charge in [-0.25, -0.2) is 0 Å². The average molecular weight is 377 g/mol. The Labute approximate surface area is 159 Å². The molecule has 1 N–H and O–H groups in total. The quantitative estimate of drug-likeness (QED) is 0.760. The highest BCUT2D eigenvalue weighted by atomic mass is 33.1. The molecule has 1 atom stereocenters. The van der Waals surface area contributed by atoms with Gasteiger partial charge < -0.3 is 5.32 Å². The Morgan fingerprint density at radius 1 is 1.20 bits per heavy atom. The number of hydrogen-bond donors (Lipinski definition) is 1. The minimum Gasteiger partial charge on any atom is -0.316 e. The largest absolute Gasteiger partial charge is 0.316 e. The van der Waals surface area contributed by atoms with E-state index in [0.29, 0.717) is 5.92 Å². The molecule has 0 radical (unpaired) electrons. The molecule has 0 saturated carbocycles. The summed E-state index contributed by atoms with van der Waals surface area (Å²) in [6, 6.07) is 8.90. The van der Waals surface area contributed by atoms with Crippen LogP contribution >= 0.6 is 21.6 Å². The van der Waals surface area contributed by atoms with Crippen molar-refractivity contribution in [2.24, 2.45) is 0 Å². The highest BCUT2D eigenvalue weighted by molar-refractivity contribution is 8.76. The minimum absolute atomic E-state index is 0.164. The van der Waals surface area contributed by atoms with Crippen LogP contribution in [0.4, 0.5) is 0 Å². The van der Waals surface area contributed by atoms with Crippen molar-refractivity contribution in [3.05, 3.63) is 35.7 Å². The summed E-state index contributed by atoms with van der Waals surface area (Å²) in [5.74, 6) is 2.58. The van der Waals surface area contributed by atoms with E-state index in [9.17, 15) is 0 Å². The lowest BCUT2D eigenvalue weighted by molar-refractivity contribution is 0.441. The highest BCUT2D eigenvalue weighted by Gasteiger charge is 2.24. The van der Waals surface area contributed by atoms with Gasteiger partial charge in [0.15, 0.2) is 0 Å². The van der Waals surface area contributed by atoms with Crippen molar-refractivity contribution < 1.29 is 0 Å². The van der Waals surface area contributed by atoms with Crippen LogP contribution in [0.5, 0.6) is 0 Å². The van der Waals surface area contributed by atoms with Gasteiger partial charge in [-0.15, -0.1) is 10.2 Å². The van der Waals surface area contributed by atoms with Crippen molar-refractivity contribution in [3.8, 4) is 5.69 Å². The molecule has 1 aromatic carbocycles. The zero-order valence-corrected chi connectivity index (χ0v) is 17.2. The van der Waals surface area contributed by atoms with E-state index in [4.69, 9.17) is 0 Å². The monoisotopic (exact) mass is 376 g/mol. The zero-order chi connectivity index (χ0) is 17.9. The van der Waals surface area contributed by atoms with E-state index in [-0.39, 0.29) is 5.41 Å². The Hall–Kier alpha value is -0.980. The summed E-state index contributed by atoms with van der Waals surface area (Å²) >= 11 is 0. The van der Waals surface area contributed by atoms with Crippen LogP contribution in [0.2, 0.25) is 0 Å². The zero-order valence-electron chi connectivity index (χ0n) is 15.6. The summed E-state index contributed by atoms with van der Waals surface area (Å²) in [6.45, 7) is 11.0. The van der Waals surface area contributed by atoms with Crippen LogP contribution in [0.25, 0.3) is 5.69 Å². The summed E-state index contributed by atoms with van der Waals surface area (Å²) in [5, 5.41) is 13.6. The fraction of sp³-hybridized carbons (Fsp3) is 0.579. The Morgan fingerprint density at radius 3 is 2.56 bits per heavy atom. The first-order valence-electron chi connectivity index (χ1n) is 9.07. The van der Waals surface area contributed by atoms with Gasteiger partial charge in [-0.1, -0.05) is 50.6 Å². The third kappa shape index (κ3) is 4.41. The summed E-state index contributed by atoms with van der Waals surface area (Å²) < 4.78 is 2.26. The summed E-state index contributed by atoms with van der Waals surface area (Å²) in [7, 11) is 3.54. The molecule has 1 unspecified atom stereocenters. The topological polar surface area (TPSA) is 42.7 Å². The van der Waals surface area contributed by atoms with Gasteiger partial charge in [0.2, 0.25) is 5.16 Å². The molecule has 1 saturated heterocycles. The SMILES string of the molecule is CCSSc1nnc(C2CCCNC2)n1-c1ccc(C(C)(C)C)cc1. The molecule has 1 aromatic heterocycles. The molecule has 0 bridgehead atoms. The molecule has 25 heavy (non-hydrogen) atoms. The fourth-order valence-electron chi connectivity index (χ4n) is 3.14. The lowest BCUT2D eigenvalue weighted by atomic mass is 9.87. The van der Waals surface area contributed by atoms with E-state index in [2.05, 4.69) is 72.0 Å². The van der Waals surface area contributed by atoms with E-state index in [1.165, 1.54) is 18.4 Å². The second-order valence-corrected chi connectivity index (χ2v) is 10.1. The van der Waals surface area contributed by atoms with Crippen LogP contribution in [0, 0.1) is 0 Å². The first-order chi connectivity index (χ1) is 12.0. The van der Waals surface area contributed by atoms with E-state index >= 15 is 0 Å². The molecule has 0 aliphatic carbocycles. The number of nitrogens with zero attached hydrogens (tertiary/aromatic N) is 3. The highest BCUT2D eigenvalue weighted by Crippen LogP contribution is 2.35. The molecule has 6 heteroatoms. The molecule has 0 spiro atoms. The van der Waals surface area contributed by atoms with E-state index < -0.39 is 0 Å². The van der Waals surface area contributed by atoms with Crippen LogP contribution in [0.3, 0.4) is 0 Å². The van der Waals surface area contributed by atoms with Crippen LogP contribution < -0.4 is 5.32 Å². The van der Waals surface area contributed by atoms with Crippen molar-refractivity contribution in [2.45, 2.75) is 57.0 Å². The Kier molecular flexibility index (Phi) is 6.12. The second kappa shape index (κ2) is 8.14. The lowest BCUT2D eigenvalue weighted by Gasteiger charge is -2.23. The van der Waals surface area contributed by atoms with Gasteiger partial charge in [0, 0.05) is 23.9 Å². The van der Waals surface area contributed by atoms with Crippen LogP contribution in [0.15, 0.2) is 29.4 Å². The molecule has 0 amide bonds. The van der Waals surface area contributed by atoms with E-state index in [0.717, 1.165) is 35.5 Å². The number of aromatic nitrogens is 3. The smallest absolute Gasteiger partial charge is 0.206 e. The van der Waals surface area contributed by atoms with Crippen LogP contribution in [-0.4, -0.2) is 33.6 Å². The molecular weight excluding hydrogens is 348 g/mol. The lowest BCUT2D eigenvalue weighted by Crippen LogP contribution is -2.30. The van der Waals surface area contributed by atoms with E-state index in [1.807, 2.05) is 10.8 Å². The summed E-state index contributed by atoms with van der Waals surface area (Å²) in [6.07, 6.45) is 2.38. The van der Waals surface area contributed by atoms with Crippen molar-refractivity contribution in [1.82, 2.24) is 20.1 Å². The van der Waals surface area contributed by atoms with Gasteiger partial charge in [0.25, 0.3) is 0 Å². The van der Waals surface area contributed by atoms with Crippen LogP contribution in [-0.2, 0) is 5.41 Å². The molecule has 4 nitrogen and oxygen atoms in total. The Morgan fingerprint density at radius 2 is 1.96 bits per heavy atom. The third-order valence-electron chi connectivity index (χ3n) is 4.56. The van der Waals surface area contributed by atoms with Crippen LogP contribution in [0.1, 0.15) is 57.8 Å². The van der Waals surface area contributed by atoms with Gasteiger partial charge >= 0.3 is 0 Å². The summed E-state index contributed by atoms with van der Waals surface area (Å²) in [4.78, 5) is 0. The molecule has 1 aliphatic heterocycles. The van der Waals surface area contributed by atoms with Gasteiger partial charge in [0.1, 0.15) is 5.82 Å².